The van der Waals surface area contributed by atoms with E-state index in [-0.39, 0.29) is 6.42 Å². The van der Waals surface area contributed by atoms with Gasteiger partial charge in [0.2, 0.25) is 0 Å². The number of fused-ring (bicyclic) bond motifs is 1. The summed E-state index contributed by atoms with van der Waals surface area (Å²) in [4.78, 5) is 19.8. The fraction of sp³-hybridized carbons (Fsp3) is 0.0714. The number of aliphatic carboxylic acids is 1. The second kappa shape index (κ2) is 4.94. The van der Waals surface area contributed by atoms with Crippen LogP contribution in [0, 0.1) is 0 Å². The highest BCUT2D eigenvalue weighted by molar-refractivity contribution is 6.30. The number of carboxylic acids is 1. The molecule has 0 saturated heterocycles. The number of carbonyl (C=O) groups is 1. The van der Waals surface area contributed by atoms with E-state index < -0.39 is 5.97 Å². The molecule has 0 amide bonds. The maximum Gasteiger partial charge on any atom is 0.309 e. The van der Waals surface area contributed by atoms with Crippen LogP contribution in [0.4, 0.5) is 0 Å². The molecule has 0 aliphatic rings. The third-order valence-electron chi connectivity index (χ3n) is 2.91. The molecule has 0 aromatic carbocycles. The lowest BCUT2D eigenvalue weighted by Crippen LogP contribution is -2.04. The largest absolute Gasteiger partial charge is 0.481 e. The molecule has 3 aromatic heterocycles. The zero-order chi connectivity index (χ0) is 14.1. The molecule has 20 heavy (non-hydrogen) atoms. The zero-order valence-electron chi connectivity index (χ0n) is 10.3. The second-order valence-corrected chi connectivity index (χ2v) is 4.70. The number of pyridine rings is 2. The van der Waals surface area contributed by atoms with Crippen LogP contribution in [0.2, 0.25) is 5.02 Å². The van der Waals surface area contributed by atoms with Crippen LogP contribution in [0.5, 0.6) is 0 Å². The number of halogens is 1. The average molecular weight is 288 g/mol. The first-order valence-corrected chi connectivity index (χ1v) is 6.32. The molecule has 6 heteroatoms. The summed E-state index contributed by atoms with van der Waals surface area (Å²) in [5, 5.41) is 9.64. The molecular weight excluding hydrogens is 278 g/mol. The summed E-state index contributed by atoms with van der Waals surface area (Å²) in [6, 6.07) is 8.83. The molecule has 100 valence electrons. The Hall–Kier alpha value is -2.40. The van der Waals surface area contributed by atoms with Crippen molar-refractivity contribution in [1.29, 1.82) is 0 Å². The molecule has 0 aliphatic carbocycles. The summed E-state index contributed by atoms with van der Waals surface area (Å²) >= 11 is 5.95. The summed E-state index contributed by atoms with van der Waals surface area (Å²) in [6.45, 7) is 0. The van der Waals surface area contributed by atoms with Crippen molar-refractivity contribution in [3.8, 4) is 11.4 Å². The van der Waals surface area contributed by atoms with Gasteiger partial charge in [0.15, 0.2) is 0 Å². The van der Waals surface area contributed by atoms with Gasteiger partial charge in [0.05, 0.1) is 17.8 Å². The molecule has 0 saturated carbocycles. The van der Waals surface area contributed by atoms with Crippen LogP contribution < -0.4 is 0 Å². The fourth-order valence-electron chi connectivity index (χ4n) is 2.09. The van der Waals surface area contributed by atoms with Crippen molar-refractivity contribution in [2.24, 2.45) is 0 Å². The van der Waals surface area contributed by atoms with E-state index in [1.165, 1.54) is 0 Å². The molecule has 0 spiro atoms. The van der Waals surface area contributed by atoms with Gasteiger partial charge in [0.25, 0.3) is 0 Å². The lowest BCUT2D eigenvalue weighted by atomic mass is 10.2. The minimum Gasteiger partial charge on any atom is -0.481 e. The van der Waals surface area contributed by atoms with Gasteiger partial charge in [-0.2, -0.15) is 0 Å². The number of aromatic nitrogens is 3. The normalized spacial score (nSPS) is 10.8. The van der Waals surface area contributed by atoms with Gasteiger partial charge in [-0.25, -0.2) is 4.98 Å². The van der Waals surface area contributed by atoms with E-state index in [1.807, 2.05) is 6.07 Å². The summed E-state index contributed by atoms with van der Waals surface area (Å²) < 4.78 is 1.73. The first kappa shape index (κ1) is 12.6. The Labute approximate surface area is 119 Å². The number of carboxylic acid groups (broad SMARTS) is 1. The average Bonchev–Trinajstić information content (AvgIpc) is 2.77. The van der Waals surface area contributed by atoms with E-state index >= 15 is 0 Å². The van der Waals surface area contributed by atoms with Gasteiger partial charge in [-0.05, 0) is 18.2 Å². The van der Waals surface area contributed by atoms with Crippen LogP contribution in [0.15, 0.2) is 42.7 Å². The van der Waals surface area contributed by atoms with E-state index in [0.29, 0.717) is 27.8 Å². The van der Waals surface area contributed by atoms with Crippen molar-refractivity contribution < 1.29 is 9.90 Å². The Morgan fingerprint density at radius 2 is 2.20 bits per heavy atom. The Kier molecular flexibility index (Phi) is 3.12. The van der Waals surface area contributed by atoms with Gasteiger partial charge in [-0.15, -0.1) is 0 Å². The predicted octanol–water partition coefficient (Wildman–Crippen LogP) is 2.68. The van der Waals surface area contributed by atoms with Crippen LogP contribution in [-0.4, -0.2) is 25.4 Å². The van der Waals surface area contributed by atoms with Crippen molar-refractivity contribution >= 4 is 23.2 Å². The molecule has 1 N–H and O–H groups in total. The lowest BCUT2D eigenvalue weighted by Gasteiger charge is -2.02. The summed E-state index contributed by atoms with van der Waals surface area (Å²) in [7, 11) is 0. The fourth-order valence-corrected chi connectivity index (χ4v) is 2.24. The van der Waals surface area contributed by atoms with Gasteiger partial charge in [0.1, 0.15) is 11.3 Å². The van der Waals surface area contributed by atoms with E-state index in [4.69, 9.17) is 16.7 Å². The summed E-state index contributed by atoms with van der Waals surface area (Å²) in [5.74, 6) is -0.918. The maximum absolute atomic E-state index is 11.1. The van der Waals surface area contributed by atoms with E-state index in [9.17, 15) is 4.79 Å². The van der Waals surface area contributed by atoms with Crippen molar-refractivity contribution in [3.63, 3.8) is 0 Å². The molecule has 3 aromatic rings. The number of imidazole rings is 1. The molecule has 0 fully saturated rings. The smallest absolute Gasteiger partial charge is 0.309 e. The van der Waals surface area contributed by atoms with E-state index in [0.717, 1.165) is 0 Å². The van der Waals surface area contributed by atoms with Crippen molar-refractivity contribution in [2.45, 2.75) is 6.42 Å². The third kappa shape index (κ3) is 2.23. The van der Waals surface area contributed by atoms with Crippen LogP contribution >= 0.6 is 11.6 Å². The van der Waals surface area contributed by atoms with E-state index in [1.54, 1.807) is 41.1 Å². The minimum atomic E-state index is -0.918. The van der Waals surface area contributed by atoms with Gasteiger partial charge < -0.3 is 9.51 Å². The Balaban J connectivity index is 2.27. The summed E-state index contributed by atoms with van der Waals surface area (Å²) in [5.41, 5.74) is 2.40. The number of hydrogen-bond acceptors (Lipinski definition) is 3. The van der Waals surface area contributed by atoms with E-state index in [2.05, 4.69) is 9.97 Å². The monoisotopic (exact) mass is 287 g/mol. The molecule has 0 unspecified atom stereocenters. The van der Waals surface area contributed by atoms with Gasteiger partial charge in [-0.3, -0.25) is 9.78 Å². The molecule has 5 nitrogen and oxygen atoms in total. The lowest BCUT2D eigenvalue weighted by molar-refractivity contribution is -0.136. The Morgan fingerprint density at radius 1 is 1.35 bits per heavy atom. The molecular formula is C14H10ClN3O2. The first-order chi connectivity index (χ1) is 9.65. The van der Waals surface area contributed by atoms with Crippen LogP contribution in [0.1, 0.15) is 5.69 Å². The van der Waals surface area contributed by atoms with Crippen molar-refractivity contribution in [2.75, 3.05) is 0 Å². The van der Waals surface area contributed by atoms with Crippen LogP contribution in [-0.2, 0) is 11.2 Å². The van der Waals surface area contributed by atoms with Crippen LogP contribution in [0.3, 0.4) is 0 Å². The number of rotatable bonds is 3. The Bertz CT molecular complexity index is 784. The SMILES string of the molecule is O=C(O)Cc1c(-c2ccccn2)nc2cc(Cl)ccn12. The number of nitrogens with zero attached hydrogens (tertiary/aromatic N) is 3. The summed E-state index contributed by atoms with van der Waals surface area (Å²) in [6.07, 6.45) is 3.24. The highest BCUT2D eigenvalue weighted by atomic mass is 35.5. The molecule has 0 bridgehead atoms. The van der Waals surface area contributed by atoms with Gasteiger partial charge in [0, 0.05) is 23.5 Å². The van der Waals surface area contributed by atoms with Crippen molar-refractivity contribution in [1.82, 2.24) is 14.4 Å². The molecule has 0 radical (unpaired) electrons. The van der Waals surface area contributed by atoms with Crippen molar-refractivity contribution in [3.05, 3.63) is 53.4 Å². The maximum atomic E-state index is 11.1. The molecule has 3 heterocycles. The molecule has 0 atom stereocenters. The van der Waals surface area contributed by atoms with Crippen LogP contribution in [0.25, 0.3) is 17.0 Å². The minimum absolute atomic E-state index is 0.130. The zero-order valence-corrected chi connectivity index (χ0v) is 11.1. The highest BCUT2D eigenvalue weighted by Gasteiger charge is 2.17. The number of hydrogen-bond donors (Lipinski definition) is 1. The molecule has 0 aliphatic heterocycles. The topological polar surface area (TPSA) is 67.5 Å². The third-order valence-corrected chi connectivity index (χ3v) is 3.15. The first-order valence-electron chi connectivity index (χ1n) is 5.95. The Morgan fingerprint density at radius 3 is 2.90 bits per heavy atom. The van der Waals surface area contributed by atoms with Gasteiger partial charge >= 0.3 is 5.97 Å². The standard InChI is InChI=1S/C14H10ClN3O2/c15-9-4-6-18-11(8-13(19)20)14(17-12(18)7-9)10-3-1-2-5-16-10/h1-7H,8H2,(H,19,20). The predicted molar refractivity (Wildman–Crippen MR) is 74.8 cm³/mol. The quantitative estimate of drug-likeness (QED) is 0.804. The second-order valence-electron chi connectivity index (χ2n) is 4.27. The van der Waals surface area contributed by atoms with Gasteiger partial charge in [-0.1, -0.05) is 17.7 Å². The molecule has 3 rings (SSSR count). The highest BCUT2D eigenvalue weighted by Crippen LogP contribution is 2.24.